The number of thioether (sulfide) groups is 1. The first kappa shape index (κ1) is 16.4. The number of Topliss-reactive ketones (excluding diaryl/α,β-unsaturated/α-hetero) is 1. The van der Waals surface area contributed by atoms with Crippen LogP contribution in [0, 0.1) is 5.82 Å². The van der Waals surface area contributed by atoms with Gasteiger partial charge in [-0.3, -0.25) is 4.79 Å². The Hall–Kier alpha value is -1.94. The summed E-state index contributed by atoms with van der Waals surface area (Å²) in [5, 5.41) is 22.6. The number of hydrogen-bond acceptors (Lipinski definition) is 7. The van der Waals surface area contributed by atoms with Gasteiger partial charge in [0.05, 0.1) is 10.2 Å². The van der Waals surface area contributed by atoms with Crippen molar-refractivity contribution in [2.75, 3.05) is 11.1 Å². The SMILES string of the molecule is CC(=O)CSc1nonc1/C(=N\O)Nc1ccc(F)c(Br)c1. The van der Waals surface area contributed by atoms with Gasteiger partial charge < -0.3 is 10.5 Å². The number of ketones is 1. The average molecular weight is 389 g/mol. The maximum atomic E-state index is 13.2. The number of nitrogens with one attached hydrogen (secondary N) is 1. The maximum absolute atomic E-state index is 13.2. The number of rotatable bonds is 5. The molecule has 0 unspecified atom stereocenters. The molecular weight excluding hydrogens is 379 g/mol. The fourth-order valence-corrected chi connectivity index (χ4v) is 2.51. The summed E-state index contributed by atoms with van der Waals surface area (Å²) in [6.07, 6.45) is 0. The molecule has 1 heterocycles. The molecule has 0 bridgehead atoms. The van der Waals surface area contributed by atoms with Crippen molar-refractivity contribution in [3.05, 3.63) is 34.2 Å². The number of nitrogens with zero attached hydrogens (tertiary/aromatic N) is 3. The van der Waals surface area contributed by atoms with E-state index in [-0.39, 0.29) is 27.5 Å². The van der Waals surface area contributed by atoms with Crippen LogP contribution in [-0.2, 0) is 4.79 Å². The Bertz CT molecular complexity index is 722. The van der Waals surface area contributed by atoms with E-state index in [4.69, 9.17) is 5.21 Å². The largest absolute Gasteiger partial charge is 0.409 e. The number of oxime groups is 1. The van der Waals surface area contributed by atoms with Crippen LogP contribution < -0.4 is 5.32 Å². The van der Waals surface area contributed by atoms with Crippen molar-refractivity contribution in [2.24, 2.45) is 5.16 Å². The molecule has 0 amide bonds. The molecule has 0 saturated carbocycles. The quantitative estimate of drug-likeness (QED) is 0.267. The number of halogens is 2. The fraction of sp³-hybridized carbons (Fsp3) is 0.167. The first-order valence-electron chi connectivity index (χ1n) is 5.90. The topological polar surface area (TPSA) is 101 Å². The van der Waals surface area contributed by atoms with Crippen molar-refractivity contribution in [3.8, 4) is 0 Å². The number of carbonyl (C=O) groups is 1. The van der Waals surface area contributed by atoms with E-state index in [2.05, 4.69) is 41.3 Å². The molecule has 116 valence electrons. The molecule has 0 aliphatic carbocycles. The summed E-state index contributed by atoms with van der Waals surface area (Å²) >= 11 is 4.16. The van der Waals surface area contributed by atoms with Crippen LogP contribution in [0.3, 0.4) is 0 Å². The molecule has 0 fully saturated rings. The monoisotopic (exact) mass is 388 g/mol. The second-order valence-corrected chi connectivity index (χ2v) is 5.93. The fourth-order valence-electron chi connectivity index (χ4n) is 1.43. The van der Waals surface area contributed by atoms with E-state index in [9.17, 15) is 9.18 Å². The highest BCUT2D eigenvalue weighted by Crippen LogP contribution is 2.23. The molecule has 2 aromatic rings. The second-order valence-electron chi connectivity index (χ2n) is 4.11. The molecule has 0 saturated heterocycles. The number of aromatic nitrogens is 2. The van der Waals surface area contributed by atoms with Gasteiger partial charge in [-0.25, -0.2) is 9.02 Å². The molecule has 0 radical (unpaired) electrons. The van der Waals surface area contributed by atoms with E-state index in [1.54, 1.807) is 0 Å². The molecular formula is C12H10BrFN4O3S. The van der Waals surface area contributed by atoms with Crippen LogP contribution in [0.1, 0.15) is 12.6 Å². The standard InChI is InChI=1S/C12H10BrFN4O3S/c1-6(19)5-22-12-10(17-21-18-12)11(16-20)15-7-2-3-9(14)8(13)4-7/h2-4,20H,5H2,1H3,(H,15,16). The Morgan fingerprint density at radius 2 is 2.32 bits per heavy atom. The molecule has 0 aliphatic heterocycles. The zero-order valence-corrected chi connectivity index (χ0v) is 13.6. The summed E-state index contributed by atoms with van der Waals surface area (Å²) in [5.41, 5.74) is 0.612. The predicted octanol–water partition coefficient (Wildman–Crippen LogP) is 2.90. The van der Waals surface area contributed by atoms with E-state index in [1.165, 1.54) is 25.1 Å². The smallest absolute Gasteiger partial charge is 0.202 e. The van der Waals surface area contributed by atoms with Crippen molar-refractivity contribution < 1.29 is 19.0 Å². The van der Waals surface area contributed by atoms with E-state index < -0.39 is 5.82 Å². The Morgan fingerprint density at radius 3 is 2.95 bits per heavy atom. The van der Waals surface area contributed by atoms with Crippen LogP contribution in [0.5, 0.6) is 0 Å². The van der Waals surface area contributed by atoms with Crippen molar-refractivity contribution in [1.82, 2.24) is 10.3 Å². The number of amidine groups is 1. The van der Waals surface area contributed by atoms with Crippen molar-refractivity contribution in [2.45, 2.75) is 11.9 Å². The third-order valence-electron chi connectivity index (χ3n) is 2.38. The lowest BCUT2D eigenvalue weighted by atomic mass is 10.3. The summed E-state index contributed by atoms with van der Waals surface area (Å²) in [6, 6.07) is 4.17. The average Bonchev–Trinajstić information content (AvgIpc) is 2.94. The molecule has 22 heavy (non-hydrogen) atoms. The lowest BCUT2D eigenvalue weighted by molar-refractivity contribution is -0.114. The number of carbonyl (C=O) groups excluding carboxylic acids is 1. The Morgan fingerprint density at radius 1 is 1.55 bits per heavy atom. The van der Waals surface area contributed by atoms with Gasteiger partial charge >= 0.3 is 0 Å². The van der Waals surface area contributed by atoms with Gasteiger partial charge in [-0.2, -0.15) is 0 Å². The van der Waals surface area contributed by atoms with Crippen LogP contribution in [0.15, 0.2) is 37.5 Å². The van der Waals surface area contributed by atoms with Gasteiger partial charge in [-0.05, 0) is 51.4 Å². The first-order chi connectivity index (χ1) is 10.5. The Labute approximate surface area is 137 Å². The van der Waals surface area contributed by atoms with Gasteiger partial charge in [0.25, 0.3) is 0 Å². The zero-order valence-electron chi connectivity index (χ0n) is 11.2. The molecule has 1 aromatic heterocycles. The minimum absolute atomic E-state index is 0.0363. The molecule has 2 N–H and O–H groups in total. The highest BCUT2D eigenvalue weighted by Gasteiger charge is 2.18. The predicted molar refractivity (Wildman–Crippen MR) is 81.7 cm³/mol. The second kappa shape index (κ2) is 7.36. The van der Waals surface area contributed by atoms with E-state index in [1.807, 2.05) is 0 Å². The van der Waals surface area contributed by atoms with Crippen molar-refractivity contribution in [1.29, 1.82) is 0 Å². The Balaban J connectivity index is 2.20. The molecule has 2 rings (SSSR count). The lowest BCUT2D eigenvalue weighted by Gasteiger charge is -2.07. The summed E-state index contributed by atoms with van der Waals surface area (Å²) in [7, 11) is 0. The maximum Gasteiger partial charge on any atom is 0.202 e. The lowest BCUT2D eigenvalue weighted by Crippen LogP contribution is -2.15. The van der Waals surface area contributed by atoms with E-state index >= 15 is 0 Å². The van der Waals surface area contributed by atoms with E-state index in [0.29, 0.717) is 10.7 Å². The molecule has 0 spiro atoms. The number of anilines is 1. The van der Waals surface area contributed by atoms with Crippen LogP contribution in [-0.4, -0.2) is 32.9 Å². The third kappa shape index (κ3) is 4.04. The Kier molecular flexibility index (Phi) is 5.50. The molecule has 1 aromatic carbocycles. The van der Waals surface area contributed by atoms with E-state index in [0.717, 1.165) is 11.8 Å². The molecule has 7 nitrogen and oxygen atoms in total. The number of hydrogen-bond donors (Lipinski definition) is 2. The van der Waals surface area contributed by atoms with Gasteiger partial charge in [0.15, 0.2) is 10.7 Å². The van der Waals surface area contributed by atoms with Gasteiger partial charge in [0, 0.05) is 5.69 Å². The zero-order chi connectivity index (χ0) is 16.1. The minimum atomic E-state index is -0.422. The summed E-state index contributed by atoms with van der Waals surface area (Å²) in [6.45, 7) is 1.44. The summed E-state index contributed by atoms with van der Waals surface area (Å²) < 4.78 is 18.1. The van der Waals surface area contributed by atoms with Gasteiger partial charge in [0.2, 0.25) is 5.84 Å². The summed E-state index contributed by atoms with van der Waals surface area (Å²) in [5.74, 6) is -0.321. The minimum Gasteiger partial charge on any atom is -0.409 e. The number of benzene rings is 1. The van der Waals surface area contributed by atoms with Crippen LogP contribution in [0.25, 0.3) is 0 Å². The van der Waals surface area contributed by atoms with Gasteiger partial charge in [0.1, 0.15) is 11.6 Å². The summed E-state index contributed by atoms with van der Waals surface area (Å²) in [4.78, 5) is 11.0. The van der Waals surface area contributed by atoms with Crippen LogP contribution >= 0.6 is 27.7 Å². The van der Waals surface area contributed by atoms with Crippen LogP contribution in [0.2, 0.25) is 0 Å². The molecule has 0 atom stereocenters. The first-order valence-corrected chi connectivity index (χ1v) is 7.68. The third-order valence-corrected chi connectivity index (χ3v) is 4.08. The normalized spacial score (nSPS) is 11.5. The van der Waals surface area contributed by atoms with Crippen molar-refractivity contribution in [3.63, 3.8) is 0 Å². The molecule has 10 heteroatoms. The highest BCUT2D eigenvalue weighted by atomic mass is 79.9. The molecule has 0 aliphatic rings. The van der Waals surface area contributed by atoms with Crippen molar-refractivity contribution >= 4 is 45.0 Å². The van der Waals surface area contributed by atoms with Gasteiger partial charge in [-0.1, -0.05) is 16.9 Å². The highest BCUT2D eigenvalue weighted by molar-refractivity contribution is 9.10. The van der Waals surface area contributed by atoms with Gasteiger partial charge in [-0.15, -0.1) is 0 Å². The van der Waals surface area contributed by atoms with Crippen LogP contribution in [0.4, 0.5) is 10.1 Å².